The van der Waals surface area contributed by atoms with E-state index in [1.54, 1.807) is 18.2 Å². The first-order chi connectivity index (χ1) is 15.0. The van der Waals surface area contributed by atoms with Gasteiger partial charge in [0, 0.05) is 25.6 Å². The van der Waals surface area contributed by atoms with E-state index in [4.69, 9.17) is 21.4 Å². The minimum atomic E-state index is -4.55. The van der Waals surface area contributed by atoms with Gasteiger partial charge in [-0.25, -0.2) is 0 Å². The van der Waals surface area contributed by atoms with Gasteiger partial charge in [0.1, 0.15) is 5.75 Å². The van der Waals surface area contributed by atoms with Crippen molar-refractivity contribution in [3.8, 4) is 5.75 Å². The molecule has 0 aliphatic carbocycles. The molecule has 0 saturated carbocycles. The third-order valence-corrected chi connectivity index (χ3v) is 4.76. The minimum Gasteiger partial charge on any atom is -0.490 e. The molecular weight excluding hydrogens is 451 g/mol. The molecule has 0 aliphatic heterocycles. The summed E-state index contributed by atoms with van der Waals surface area (Å²) in [7, 11) is 0. The molecule has 11 heteroatoms. The number of alkyl halides is 3. The van der Waals surface area contributed by atoms with E-state index in [1.807, 2.05) is 6.92 Å². The summed E-state index contributed by atoms with van der Waals surface area (Å²) < 4.78 is 44.3. The number of ether oxygens (including phenoxy) is 1. The van der Waals surface area contributed by atoms with Gasteiger partial charge in [-0.15, -0.1) is 0 Å². The number of rotatable bonds is 10. The number of aliphatic carboxylic acids is 1. The van der Waals surface area contributed by atoms with Crippen molar-refractivity contribution in [3.63, 3.8) is 0 Å². The molecule has 3 N–H and O–H groups in total. The maximum Gasteiger partial charge on any atom is 0.417 e. The number of pyridine rings is 1. The lowest BCUT2D eigenvalue weighted by molar-refractivity contribution is -0.138. The van der Waals surface area contributed by atoms with E-state index in [0.29, 0.717) is 36.2 Å². The molecule has 1 atom stereocenters. The highest BCUT2D eigenvalue weighted by Crippen LogP contribution is 2.32. The molecule has 0 spiro atoms. The van der Waals surface area contributed by atoms with Crippen molar-refractivity contribution >= 4 is 34.9 Å². The Morgan fingerprint density at radius 2 is 1.97 bits per heavy atom. The Labute approximate surface area is 187 Å². The Morgan fingerprint density at radius 1 is 1.25 bits per heavy atom. The molecule has 2 aromatic rings. The number of hydrogen-bond acceptors (Lipinski definition) is 5. The number of carbonyl (C=O) groups is 2. The van der Waals surface area contributed by atoms with Crippen LogP contribution in [0.2, 0.25) is 5.02 Å². The first-order valence-corrected chi connectivity index (χ1v) is 10.1. The average Bonchev–Trinajstić information content (AvgIpc) is 2.70. The molecule has 1 unspecified atom stereocenters. The first-order valence-electron chi connectivity index (χ1n) is 9.75. The highest BCUT2D eigenvalue weighted by molar-refractivity contribution is 6.31. The van der Waals surface area contributed by atoms with Crippen LogP contribution in [0.1, 0.15) is 44.4 Å². The molecule has 1 aromatic carbocycles. The number of amides is 1. The van der Waals surface area contributed by atoms with Crippen LogP contribution >= 0.6 is 11.6 Å². The smallest absolute Gasteiger partial charge is 0.417 e. The van der Waals surface area contributed by atoms with E-state index in [2.05, 4.69) is 15.6 Å². The summed E-state index contributed by atoms with van der Waals surface area (Å²) in [5.41, 5.74) is 0.0928. The van der Waals surface area contributed by atoms with Gasteiger partial charge in [-0.05, 0) is 31.0 Å². The zero-order valence-corrected chi connectivity index (χ0v) is 18.2. The van der Waals surface area contributed by atoms with Crippen LogP contribution < -0.4 is 15.4 Å². The summed E-state index contributed by atoms with van der Waals surface area (Å²) in [5, 5.41) is 14.4. The van der Waals surface area contributed by atoms with Gasteiger partial charge < -0.3 is 20.5 Å². The number of carboxylic acids is 1. The normalized spacial score (nSPS) is 12.2. The van der Waals surface area contributed by atoms with Gasteiger partial charge in [-0.1, -0.05) is 18.5 Å². The van der Waals surface area contributed by atoms with Crippen molar-refractivity contribution in [2.24, 2.45) is 0 Å². The minimum absolute atomic E-state index is 0.0107. The molecule has 1 heterocycles. The molecule has 0 saturated heterocycles. The summed E-state index contributed by atoms with van der Waals surface area (Å²) in [6, 6.07) is 5.63. The predicted molar refractivity (Wildman–Crippen MR) is 114 cm³/mol. The molecule has 0 radical (unpaired) electrons. The number of nitrogens with zero attached hydrogens (tertiary/aromatic N) is 1. The first kappa shape index (κ1) is 25.3. The van der Waals surface area contributed by atoms with Crippen molar-refractivity contribution in [1.29, 1.82) is 0 Å². The second kappa shape index (κ2) is 11.0. The molecule has 7 nitrogen and oxygen atoms in total. The summed E-state index contributed by atoms with van der Waals surface area (Å²) in [6.45, 7) is 3.19. The summed E-state index contributed by atoms with van der Waals surface area (Å²) in [5.74, 6) is -0.804. The van der Waals surface area contributed by atoms with Gasteiger partial charge in [0.05, 0.1) is 40.3 Å². The fraction of sp³-hybridized carbons (Fsp3) is 0.381. The van der Waals surface area contributed by atoms with E-state index in [9.17, 15) is 22.8 Å². The lowest BCUT2D eigenvalue weighted by atomic mass is 10.1. The zero-order valence-electron chi connectivity index (χ0n) is 17.4. The van der Waals surface area contributed by atoms with Crippen LogP contribution in [0.15, 0.2) is 30.5 Å². The molecule has 0 fully saturated rings. The van der Waals surface area contributed by atoms with Crippen LogP contribution in [0.4, 0.5) is 24.5 Å². The van der Waals surface area contributed by atoms with Gasteiger partial charge in [0.25, 0.3) is 0 Å². The molecule has 1 aromatic heterocycles. The molecule has 0 bridgehead atoms. The third-order valence-electron chi connectivity index (χ3n) is 4.43. The zero-order chi connectivity index (χ0) is 23.9. The number of halogens is 4. The molecule has 2 rings (SSSR count). The van der Waals surface area contributed by atoms with Crippen molar-refractivity contribution in [3.05, 3.63) is 46.7 Å². The number of benzene rings is 1. The van der Waals surface area contributed by atoms with E-state index < -0.39 is 17.7 Å². The Balaban J connectivity index is 2.21. The van der Waals surface area contributed by atoms with Crippen molar-refractivity contribution in [1.82, 2.24) is 4.98 Å². The number of hydrogen-bond donors (Lipinski definition) is 3. The van der Waals surface area contributed by atoms with E-state index >= 15 is 0 Å². The lowest BCUT2D eigenvalue weighted by Crippen LogP contribution is -2.17. The van der Waals surface area contributed by atoms with Crippen LogP contribution in [0.3, 0.4) is 0 Å². The Hall–Kier alpha value is -3.01. The number of anilines is 2. The van der Waals surface area contributed by atoms with E-state index in [-0.39, 0.29) is 35.7 Å². The summed E-state index contributed by atoms with van der Waals surface area (Å²) in [6.07, 6.45) is -3.29. The number of carbonyl (C=O) groups excluding carboxylic acids is 1. The SMILES string of the molecule is CCC(CCC(=O)O)Oc1ccc(NC(C)=O)c(NCc2ncc(C(F)(F)F)cc2Cl)c1. The fourth-order valence-corrected chi connectivity index (χ4v) is 3.03. The van der Waals surface area contributed by atoms with Gasteiger partial charge in [0.15, 0.2) is 0 Å². The van der Waals surface area contributed by atoms with Crippen LogP contribution in [0.5, 0.6) is 5.75 Å². The number of nitrogens with one attached hydrogen (secondary N) is 2. The fourth-order valence-electron chi connectivity index (χ4n) is 2.80. The van der Waals surface area contributed by atoms with Crippen molar-refractivity contribution < 1.29 is 32.6 Å². The quantitative estimate of drug-likeness (QED) is 0.430. The van der Waals surface area contributed by atoms with Crippen LogP contribution in [0, 0.1) is 0 Å². The Morgan fingerprint density at radius 3 is 2.53 bits per heavy atom. The summed E-state index contributed by atoms with van der Waals surface area (Å²) >= 11 is 5.96. The van der Waals surface area contributed by atoms with Crippen molar-refractivity contribution in [2.45, 2.75) is 51.9 Å². The number of carboxylic acid groups (broad SMARTS) is 1. The largest absolute Gasteiger partial charge is 0.490 e. The van der Waals surface area contributed by atoms with E-state index in [0.717, 1.165) is 6.07 Å². The Bertz CT molecular complexity index is 970. The van der Waals surface area contributed by atoms with Gasteiger partial charge in [0.2, 0.25) is 5.91 Å². The lowest BCUT2D eigenvalue weighted by Gasteiger charge is -2.19. The maximum absolute atomic E-state index is 12.8. The van der Waals surface area contributed by atoms with Crippen LogP contribution in [-0.2, 0) is 22.3 Å². The topological polar surface area (TPSA) is 101 Å². The van der Waals surface area contributed by atoms with Gasteiger partial charge in [-0.3, -0.25) is 14.6 Å². The average molecular weight is 474 g/mol. The molecular formula is C21H23ClF3N3O4. The molecule has 32 heavy (non-hydrogen) atoms. The Kier molecular flexibility index (Phi) is 8.71. The predicted octanol–water partition coefficient (Wildman–Crippen LogP) is 5.35. The second-order valence-electron chi connectivity index (χ2n) is 6.97. The maximum atomic E-state index is 12.8. The highest BCUT2D eigenvalue weighted by Gasteiger charge is 2.31. The third kappa shape index (κ3) is 7.60. The molecule has 1 amide bonds. The highest BCUT2D eigenvalue weighted by atomic mass is 35.5. The molecule has 0 aliphatic rings. The standard InChI is InChI=1S/C21H23ClF3N3O4/c1-3-14(5-7-20(30)31)32-15-4-6-17(28-12(2)29)18(9-15)27-11-19-16(22)8-13(10-26-19)21(23,24)25/h4,6,8-10,14,27H,3,5,7,11H2,1-2H3,(H,28,29)(H,30,31). The van der Waals surface area contributed by atoms with Crippen molar-refractivity contribution in [2.75, 3.05) is 10.6 Å². The summed E-state index contributed by atoms with van der Waals surface area (Å²) in [4.78, 5) is 26.1. The van der Waals surface area contributed by atoms with Gasteiger partial charge >= 0.3 is 12.1 Å². The number of aromatic nitrogens is 1. The van der Waals surface area contributed by atoms with E-state index in [1.165, 1.54) is 6.92 Å². The second-order valence-corrected chi connectivity index (χ2v) is 7.38. The van der Waals surface area contributed by atoms with Crippen LogP contribution in [0.25, 0.3) is 0 Å². The molecule has 174 valence electrons. The van der Waals surface area contributed by atoms with Gasteiger partial charge in [-0.2, -0.15) is 13.2 Å². The van der Waals surface area contributed by atoms with Crippen LogP contribution in [-0.4, -0.2) is 28.1 Å². The monoisotopic (exact) mass is 473 g/mol.